The van der Waals surface area contributed by atoms with Crippen molar-refractivity contribution in [1.29, 1.82) is 0 Å². The highest BCUT2D eigenvalue weighted by Gasteiger charge is 2.29. The Bertz CT molecular complexity index is 156. The zero-order valence-corrected chi connectivity index (χ0v) is 4.55. The Morgan fingerprint density at radius 1 is 1.67 bits per heavy atom. The first-order valence-electron chi connectivity index (χ1n) is 2.47. The molecule has 5 nitrogen and oxygen atoms in total. The van der Waals surface area contributed by atoms with Gasteiger partial charge in [-0.3, -0.25) is 14.9 Å². The maximum absolute atomic E-state index is 10.5. The monoisotopic (exact) mass is 130 g/mol. The normalized spacial score (nSPS) is 26.6. The lowest BCUT2D eigenvalue weighted by atomic mass is 10.3. The molecule has 50 valence electrons. The first-order chi connectivity index (χ1) is 4.24. The first-order valence-corrected chi connectivity index (χ1v) is 2.47. The van der Waals surface area contributed by atoms with Crippen LogP contribution in [0.4, 0.5) is 0 Å². The maximum atomic E-state index is 10.5. The van der Waals surface area contributed by atoms with Gasteiger partial charge in [-0.1, -0.05) is 0 Å². The van der Waals surface area contributed by atoms with Crippen molar-refractivity contribution < 1.29 is 14.8 Å². The lowest BCUT2D eigenvalue weighted by Crippen LogP contribution is -2.33. The van der Waals surface area contributed by atoms with Gasteiger partial charge in [0.25, 0.3) is 0 Å². The van der Waals surface area contributed by atoms with E-state index in [0.717, 1.165) is 0 Å². The zero-order valence-electron chi connectivity index (χ0n) is 4.55. The largest absolute Gasteiger partial charge is 0.316 e. The summed E-state index contributed by atoms with van der Waals surface area (Å²) < 4.78 is 0. The fourth-order valence-electron chi connectivity index (χ4n) is 0.658. The van der Waals surface area contributed by atoms with E-state index in [9.17, 15) is 9.59 Å². The molecule has 0 saturated carbocycles. The van der Waals surface area contributed by atoms with E-state index in [4.69, 9.17) is 5.21 Å². The van der Waals surface area contributed by atoms with Crippen LogP contribution in [0.5, 0.6) is 0 Å². The number of carbonyl (C=O) groups excluding carboxylic acids is 2. The van der Waals surface area contributed by atoms with Crippen molar-refractivity contribution in [3.8, 4) is 0 Å². The Morgan fingerprint density at radius 3 is 2.56 bits per heavy atom. The molecule has 1 aliphatic rings. The van der Waals surface area contributed by atoms with Gasteiger partial charge < -0.3 is 5.21 Å². The summed E-state index contributed by atoms with van der Waals surface area (Å²) >= 11 is 0. The summed E-state index contributed by atoms with van der Waals surface area (Å²) in [6, 6.07) is -0.752. The summed E-state index contributed by atoms with van der Waals surface area (Å²) in [5.74, 6) is -0.825. The molecular weight excluding hydrogens is 124 g/mol. The van der Waals surface area contributed by atoms with Crippen molar-refractivity contribution in [3.05, 3.63) is 0 Å². The van der Waals surface area contributed by atoms with Gasteiger partial charge in [0.05, 0.1) is 6.42 Å². The highest BCUT2D eigenvalue weighted by molar-refractivity contribution is 6.05. The Labute approximate surface area is 51.0 Å². The molecule has 0 aliphatic carbocycles. The second-order valence-electron chi connectivity index (χ2n) is 1.80. The number of imide groups is 1. The molecule has 0 radical (unpaired) electrons. The van der Waals surface area contributed by atoms with Crippen LogP contribution < -0.4 is 10.8 Å². The standard InChI is InChI=1S/C4H6N2O3/c7-3-1-2(6-9)4(8)5-3/h2,6,9H,1H2,(H,5,7,8). The molecule has 1 rings (SSSR count). The fourth-order valence-corrected chi connectivity index (χ4v) is 0.658. The van der Waals surface area contributed by atoms with Crippen LogP contribution in [0, 0.1) is 0 Å². The van der Waals surface area contributed by atoms with Crippen molar-refractivity contribution >= 4 is 11.8 Å². The number of hydroxylamine groups is 1. The van der Waals surface area contributed by atoms with Crippen LogP contribution in [0.25, 0.3) is 0 Å². The number of hydrogen-bond donors (Lipinski definition) is 3. The smallest absolute Gasteiger partial charge is 0.246 e. The van der Waals surface area contributed by atoms with Gasteiger partial charge >= 0.3 is 0 Å². The van der Waals surface area contributed by atoms with Gasteiger partial charge in [0.15, 0.2) is 0 Å². The molecule has 1 saturated heterocycles. The Hall–Kier alpha value is -0.940. The summed E-state index contributed by atoms with van der Waals surface area (Å²) in [5.41, 5.74) is 1.71. The highest BCUT2D eigenvalue weighted by atomic mass is 16.5. The summed E-state index contributed by atoms with van der Waals surface area (Å²) in [6.45, 7) is 0. The third-order valence-electron chi connectivity index (χ3n) is 1.12. The van der Waals surface area contributed by atoms with Crippen LogP contribution in [0.15, 0.2) is 0 Å². The average molecular weight is 130 g/mol. The highest BCUT2D eigenvalue weighted by Crippen LogP contribution is 1.98. The van der Waals surface area contributed by atoms with Crippen LogP contribution in [-0.2, 0) is 9.59 Å². The van der Waals surface area contributed by atoms with Crippen molar-refractivity contribution in [3.63, 3.8) is 0 Å². The number of carbonyl (C=O) groups is 2. The second kappa shape index (κ2) is 2.12. The summed E-state index contributed by atoms with van der Waals surface area (Å²) in [5, 5.41) is 10.2. The SMILES string of the molecule is O=C1CC(NO)C(=O)N1. The molecule has 1 heterocycles. The minimum absolute atomic E-state index is 0.0231. The van der Waals surface area contributed by atoms with Gasteiger partial charge in [-0.2, -0.15) is 5.48 Å². The predicted molar refractivity (Wildman–Crippen MR) is 26.5 cm³/mol. The minimum atomic E-state index is -0.752. The topological polar surface area (TPSA) is 78.4 Å². The number of nitrogens with one attached hydrogen (secondary N) is 2. The molecule has 1 fully saturated rings. The van der Waals surface area contributed by atoms with Crippen LogP contribution in [0.1, 0.15) is 6.42 Å². The third kappa shape index (κ3) is 1.06. The van der Waals surface area contributed by atoms with Crippen molar-refractivity contribution in [2.75, 3.05) is 0 Å². The summed E-state index contributed by atoms with van der Waals surface area (Å²) in [7, 11) is 0. The van der Waals surface area contributed by atoms with Crippen LogP contribution in [-0.4, -0.2) is 23.1 Å². The van der Waals surface area contributed by atoms with E-state index in [2.05, 4.69) is 0 Å². The van der Waals surface area contributed by atoms with Crippen molar-refractivity contribution in [1.82, 2.24) is 10.8 Å². The first kappa shape index (κ1) is 6.18. The average Bonchev–Trinajstić information content (AvgIpc) is 2.10. The van der Waals surface area contributed by atoms with Crippen molar-refractivity contribution in [2.45, 2.75) is 12.5 Å². The Morgan fingerprint density at radius 2 is 2.33 bits per heavy atom. The molecule has 1 unspecified atom stereocenters. The molecule has 1 atom stereocenters. The van der Waals surface area contributed by atoms with Gasteiger partial charge in [-0.05, 0) is 0 Å². The van der Waals surface area contributed by atoms with Crippen molar-refractivity contribution in [2.24, 2.45) is 0 Å². The van der Waals surface area contributed by atoms with Gasteiger partial charge in [-0.25, -0.2) is 0 Å². The minimum Gasteiger partial charge on any atom is -0.316 e. The van der Waals surface area contributed by atoms with E-state index in [1.54, 1.807) is 5.48 Å². The zero-order chi connectivity index (χ0) is 6.85. The summed E-state index contributed by atoms with van der Waals surface area (Å²) in [4.78, 5) is 20.8. The van der Waals surface area contributed by atoms with Gasteiger partial charge in [0.2, 0.25) is 11.8 Å². The Kier molecular flexibility index (Phi) is 1.46. The molecule has 0 aromatic carbocycles. The van der Waals surface area contributed by atoms with E-state index in [0.29, 0.717) is 0 Å². The molecule has 9 heavy (non-hydrogen) atoms. The lowest BCUT2D eigenvalue weighted by Gasteiger charge is -1.97. The molecule has 1 aliphatic heterocycles. The maximum Gasteiger partial charge on any atom is 0.246 e. The van der Waals surface area contributed by atoms with E-state index >= 15 is 0 Å². The molecule has 5 heteroatoms. The molecule has 3 N–H and O–H groups in total. The predicted octanol–water partition coefficient (Wildman–Crippen LogP) is -1.62. The molecule has 0 bridgehead atoms. The van der Waals surface area contributed by atoms with Crippen LogP contribution in [0.2, 0.25) is 0 Å². The van der Waals surface area contributed by atoms with Gasteiger partial charge in [0, 0.05) is 0 Å². The lowest BCUT2D eigenvalue weighted by molar-refractivity contribution is -0.125. The number of rotatable bonds is 1. The third-order valence-corrected chi connectivity index (χ3v) is 1.12. The number of amides is 2. The van der Waals surface area contributed by atoms with E-state index in [1.165, 1.54) is 0 Å². The van der Waals surface area contributed by atoms with Gasteiger partial charge in [0.1, 0.15) is 6.04 Å². The Balaban J connectivity index is 2.58. The molecule has 0 spiro atoms. The summed E-state index contributed by atoms with van der Waals surface area (Å²) in [6.07, 6.45) is 0.0231. The molecule has 0 aromatic rings. The van der Waals surface area contributed by atoms with Gasteiger partial charge in [-0.15, -0.1) is 0 Å². The quantitative estimate of drug-likeness (QED) is 0.294. The van der Waals surface area contributed by atoms with Crippen LogP contribution in [0.3, 0.4) is 0 Å². The number of hydrogen-bond acceptors (Lipinski definition) is 4. The van der Waals surface area contributed by atoms with E-state index < -0.39 is 11.9 Å². The van der Waals surface area contributed by atoms with Crippen LogP contribution >= 0.6 is 0 Å². The second-order valence-corrected chi connectivity index (χ2v) is 1.80. The fraction of sp³-hybridized carbons (Fsp3) is 0.500. The molecule has 2 amide bonds. The molecular formula is C4H6N2O3. The molecule has 0 aromatic heterocycles. The van der Waals surface area contributed by atoms with E-state index in [1.807, 2.05) is 5.32 Å². The van der Waals surface area contributed by atoms with E-state index in [-0.39, 0.29) is 12.3 Å².